The molecule has 0 saturated carbocycles. The number of carbonyl (C=O) groups is 2. The maximum absolute atomic E-state index is 11.6. The summed E-state index contributed by atoms with van der Waals surface area (Å²) in [6.45, 7) is 3.75. The van der Waals surface area contributed by atoms with Gasteiger partial charge in [-0.25, -0.2) is 0 Å². The van der Waals surface area contributed by atoms with E-state index in [1.165, 1.54) is 37.4 Å². The Hall–Kier alpha value is -0.510. The van der Waals surface area contributed by atoms with Crippen LogP contribution in [0.25, 0.3) is 0 Å². The van der Waals surface area contributed by atoms with E-state index < -0.39 is 0 Å². The number of carbonyl (C=O) groups excluding carboxylic acids is 2. The van der Waals surface area contributed by atoms with Gasteiger partial charge in [0.1, 0.15) is 6.10 Å². The van der Waals surface area contributed by atoms with Gasteiger partial charge in [-0.2, -0.15) is 0 Å². The van der Waals surface area contributed by atoms with E-state index in [1.807, 2.05) is 0 Å². The fraction of sp³-hybridized carbons (Fsp3) is 0.857. The van der Waals surface area contributed by atoms with Gasteiger partial charge in [-0.1, -0.05) is 50.8 Å². The lowest BCUT2D eigenvalue weighted by atomic mass is 9.97. The molecule has 0 N–H and O–H groups in total. The predicted octanol–water partition coefficient (Wildman–Crippen LogP) is 3.56. The molecule has 0 spiro atoms. The average Bonchev–Trinajstić information content (AvgIpc) is 2.67. The lowest BCUT2D eigenvalue weighted by Gasteiger charge is -2.06. The van der Waals surface area contributed by atoms with Crippen LogP contribution in [0.4, 0.5) is 0 Å². The molecule has 1 heterocycles. The summed E-state index contributed by atoms with van der Waals surface area (Å²) >= 11 is 1.25. The van der Waals surface area contributed by atoms with E-state index in [0.717, 1.165) is 19.3 Å². The average molecular weight is 272 g/mol. The minimum atomic E-state index is -0.0559. The Balaban J connectivity index is 2.15. The van der Waals surface area contributed by atoms with Gasteiger partial charge in [-0.15, -0.1) is 0 Å². The quantitative estimate of drug-likeness (QED) is 0.500. The van der Waals surface area contributed by atoms with Crippen LogP contribution in [0, 0.1) is 5.92 Å². The molecular formula is C14H24O3S. The van der Waals surface area contributed by atoms with E-state index in [1.54, 1.807) is 6.92 Å². The van der Waals surface area contributed by atoms with Gasteiger partial charge in [0.25, 0.3) is 0 Å². The summed E-state index contributed by atoms with van der Waals surface area (Å²) in [6, 6.07) is 0. The van der Waals surface area contributed by atoms with Crippen molar-refractivity contribution >= 4 is 22.8 Å². The molecule has 0 bridgehead atoms. The molecule has 0 aromatic rings. The van der Waals surface area contributed by atoms with Gasteiger partial charge in [0, 0.05) is 12.7 Å². The molecule has 2 atom stereocenters. The van der Waals surface area contributed by atoms with Crippen LogP contribution >= 0.6 is 11.8 Å². The summed E-state index contributed by atoms with van der Waals surface area (Å²) in [7, 11) is 0. The van der Waals surface area contributed by atoms with Crippen molar-refractivity contribution in [3.63, 3.8) is 0 Å². The molecule has 1 fully saturated rings. The van der Waals surface area contributed by atoms with Crippen LogP contribution in [-0.4, -0.2) is 22.9 Å². The van der Waals surface area contributed by atoms with E-state index in [2.05, 4.69) is 6.92 Å². The SMILES string of the molecule is CCCCCCC[C@H]1C[C@H](CSC(C)=O)OC1=O. The van der Waals surface area contributed by atoms with E-state index in [-0.39, 0.29) is 23.1 Å². The van der Waals surface area contributed by atoms with Gasteiger partial charge >= 0.3 is 5.97 Å². The summed E-state index contributed by atoms with van der Waals surface area (Å²) in [6.07, 6.45) is 7.82. The fourth-order valence-electron chi connectivity index (χ4n) is 2.26. The third kappa shape index (κ3) is 5.89. The lowest BCUT2D eigenvalue weighted by molar-refractivity contribution is -0.143. The largest absolute Gasteiger partial charge is 0.461 e. The Morgan fingerprint density at radius 3 is 2.72 bits per heavy atom. The van der Waals surface area contributed by atoms with E-state index in [9.17, 15) is 9.59 Å². The molecule has 0 radical (unpaired) electrons. The maximum atomic E-state index is 11.6. The van der Waals surface area contributed by atoms with Crippen LogP contribution in [0.2, 0.25) is 0 Å². The second kappa shape index (κ2) is 8.57. The van der Waals surface area contributed by atoms with Crippen LogP contribution in [-0.2, 0) is 14.3 Å². The summed E-state index contributed by atoms with van der Waals surface area (Å²) in [4.78, 5) is 22.5. The molecule has 0 unspecified atom stereocenters. The zero-order valence-electron chi connectivity index (χ0n) is 11.4. The van der Waals surface area contributed by atoms with Crippen LogP contribution in [0.15, 0.2) is 0 Å². The third-order valence-corrected chi connectivity index (χ3v) is 4.24. The predicted molar refractivity (Wildman–Crippen MR) is 74.5 cm³/mol. The van der Waals surface area contributed by atoms with Gasteiger partial charge in [0.15, 0.2) is 5.12 Å². The number of esters is 1. The normalized spacial score (nSPS) is 23.1. The second-order valence-corrected chi connectivity index (χ2v) is 6.19. The van der Waals surface area contributed by atoms with Crippen molar-refractivity contribution in [1.29, 1.82) is 0 Å². The second-order valence-electron chi connectivity index (χ2n) is 5.00. The highest BCUT2D eigenvalue weighted by atomic mass is 32.2. The minimum Gasteiger partial charge on any atom is -0.461 e. The number of hydrogen-bond acceptors (Lipinski definition) is 4. The third-order valence-electron chi connectivity index (χ3n) is 3.29. The Kier molecular flexibility index (Phi) is 7.40. The molecule has 1 aliphatic heterocycles. The molecule has 0 aromatic heterocycles. The zero-order valence-corrected chi connectivity index (χ0v) is 12.3. The topological polar surface area (TPSA) is 43.4 Å². The van der Waals surface area contributed by atoms with Crippen molar-refractivity contribution in [1.82, 2.24) is 0 Å². The molecule has 0 amide bonds. The van der Waals surface area contributed by atoms with Crippen molar-refractivity contribution in [2.24, 2.45) is 5.92 Å². The molecule has 1 saturated heterocycles. The molecule has 18 heavy (non-hydrogen) atoms. The van der Waals surface area contributed by atoms with Crippen molar-refractivity contribution in [3.8, 4) is 0 Å². The van der Waals surface area contributed by atoms with Crippen LogP contribution in [0.3, 0.4) is 0 Å². The van der Waals surface area contributed by atoms with Gasteiger partial charge in [-0.3, -0.25) is 9.59 Å². The van der Waals surface area contributed by atoms with Gasteiger partial charge < -0.3 is 4.74 Å². The van der Waals surface area contributed by atoms with Gasteiger partial charge in [0.05, 0.1) is 5.92 Å². The first kappa shape index (κ1) is 15.5. The van der Waals surface area contributed by atoms with Gasteiger partial charge in [0.2, 0.25) is 0 Å². The van der Waals surface area contributed by atoms with Crippen LogP contribution in [0.5, 0.6) is 0 Å². The van der Waals surface area contributed by atoms with E-state index >= 15 is 0 Å². The van der Waals surface area contributed by atoms with E-state index in [0.29, 0.717) is 5.75 Å². The van der Waals surface area contributed by atoms with Crippen molar-refractivity contribution < 1.29 is 14.3 Å². The molecule has 1 rings (SSSR count). The summed E-state index contributed by atoms with van der Waals surface area (Å²) in [5.41, 5.74) is 0. The minimum absolute atomic E-state index is 0.0490. The first-order chi connectivity index (χ1) is 8.63. The molecule has 0 aromatic carbocycles. The highest BCUT2D eigenvalue weighted by Gasteiger charge is 2.33. The molecule has 3 nitrogen and oxygen atoms in total. The van der Waals surface area contributed by atoms with Crippen molar-refractivity contribution in [3.05, 3.63) is 0 Å². The van der Waals surface area contributed by atoms with E-state index in [4.69, 9.17) is 4.74 Å². The Morgan fingerprint density at radius 1 is 1.33 bits per heavy atom. The van der Waals surface area contributed by atoms with Gasteiger partial charge in [-0.05, 0) is 12.8 Å². The molecule has 1 aliphatic rings. The first-order valence-electron chi connectivity index (χ1n) is 6.97. The van der Waals surface area contributed by atoms with Crippen LogP contribution in [0.1, 0.15) is 58.8 Å². The number of thioether (sulfide) groups is 1. The number of rotatable bonds is 8. The van der Waals surface area contributed by atoms with Crippen molar-refractivity contribution in [2.45, 2.75) is 64.9 Å². The Labute approximate surface area is 114 Å². The molecule has 4 heteroatoms. The monoisotopic (exact) mass is 272 g/mol. The smallest absolute Gasteiger partial charge is 0.309 e. The number of hydrogen-bond donors (Lipinski definition) is 0. The lowest BCUT2D eigenvalue weighted by Crippen LogP contribution is -2.10. The number of ether oxygens (including phenoxy) is 1. The number of cyclic esters (lactones) is 1. The molecule has 104 valence electrons. The first-order valence-corrected chi connectivity index (χ1v) is 7.96. The fourth-order valence-corrected chi connectivity index (χ4v) is 2.89. The summed E-state index contributed by atoms with van der Waals surface area (Å²) in [5.74, 6) is 0.636. The Bertz CT molecular complexity index is 278. The zero-order chi connectivity index (χ0) is 13.4. The molecular weight excluding hydrogens is 248 g/mol. The standard InChI is InChI=1S/C14H24O3S/c1-3-4-5-6-7-8-12-9-13(17-14(12)16)10-18-11(2)15/h12-13H,3-10H2,1-2H3/t12-,13+/m0/s1. The van der Waals surface area contributed by atoms with Crippen LogP contribution < -0.4 is 0 Å². The maximum Gasteiger partial charge on any atom is 0.309 e. The highest BCUT2D eigenvalue weighted by molar-refractivity contribution is 8.13. The summed E-state index contributed by atoms with van der Waals surface area (Å²) in [5, 5.41) is 0.0917. The molecule has 0 aliphatic carbocycles. The highest BCUT2D eigenvalue weighted by Crippen LogP contribution is 2.28. The summed E-state index contributed by atoms with van der Waals surface area (Å²) < 4.78 is 5.29. The van der Waals surface area contributed by atoms with Crippen molar-refractivity contribution in [2.75, 3.05) is 5.75 Å². The number of unbranched alkanes of at least 4 members (excludes halogenated alkanes) is 4. The Morgan fingerprint density at radius 2 is 2.06 bits per heavy atom.